The standard InChI is InChI=1S/C16H16N2O3S2/c1-21-12-5-4-6-13(11-12)23(19,20)10-9-22-16-17-14-7-2-3-8-15(14)18-16/h2-8,11H,9-10H2,1H3,(H,17,18). The van der Waals surface area contributed by atoms with Gasteiger partial charge in [-0.3, -0.25) is 0 Å². The Morgan fingerprint density at radius 1 is 1.17 bits per heavy atom. The van der Waals surface area contributed by atoms with Crippen LogP contribution in [0.15, 0.2) is 58.6 Å². The predicted molar refractivity (Wildman–Crippen MR) is 91.9 cm³/mol. The number of thioether (sulfide) groups is 1. The molecule has 0 fully saturated rings. The smallest absolute Gasteiger partial charge is 0.179 e. The second-order valence-electron chi connectivity index (χ2n) is 4.91. The van der Waals surface area contributed by atoms with Crippen LogP contribution in [0.5, 0.6) is 5.75 Å². The number of aromatic nitrogens is 2. The van der Waals surface area contributed by atoms with Crippen molar-refractivity contribution in [3.8, 4) is 5.75 Å². The van der Waals surface area contributed by atoms with Crippen LogP contribution in [0, 0.1) is 0 Å². The number of hydrogen-bond donors (Lipinski definition) is 1. The number of hydrogen-bond acceptors (Lipinski definition) is 5. The summed E-state index contributed by atoms with van der Waals surface area (Å²) in [4.78, 5) is 7.88. The monoisotopic (exact) mass is 348 g/mol. The van der Waals surface area contributed by atoms with Gasteiger partial charge in [-0.05, 0) is 30.3 Å². The van der Waals surface area contributed by atoms with E-state index in [0.717, 1.165) is 16.2 Å². The van der Waals surface area contributed by atoms with Gasteiger partial charge in [0.05, 0.1) is 28.8 Å². The molecule has 0 bridgehead atoms. The third-order valence-electron chi connectivity index (χ3n) is 3.36. The Balaban J connectivity index is 1.67. The highest BCUT2D eigenvalue weighted by Gasteiger charge is 2.15. The summed E-state index contributed by atoms with van der Waals surface area (Å²) < 4.78 is 29.8. The molecule has 0 aliphatic rings. The number of rotatable bonds is 6. The van der Waals surface area contributed by atoms with E-state index in [-0.39, 0.29) is 10.6 Å². The van der Waals surface area contributed by atoms with Crippen LogP contribution in [0.25, 0.3) is 11.0 Å². The Labute approximate surface area is 139 Å². The molecule has 0 aliphatic carbocycles. The summed E-state index contributed by atoms with van der Waals surface area (Å²) in [5.41, 5.74) is 1.83. The number of sulfone groups is 1. The number of nitrogens with zero attached hydrogens (tertiary/aromatic N) is 1. The number of fused-ring (bicyclic) bond motifs is 1. The van der Waals surface area contributed by atoms with Crippen LogP contribution in [0.2, 0.25) is 0 Å². The van der Waals surface area contributed by atoms with Crippen molar-refractivity contribution in [3.63, 3.8) is 0 Å². The fourth-order valence-electron chi connectivity index (χ4n) is 2.16. The highest BCUT2D eigenvalue weighted by Crippen LogP contribution is 2.22. The number of aromatic amines is 1. The van der Waals surface area contributed by atoms with Crippen molar-refractivity contribution in [3.05, 3.63) is 48.5 Å². The molecule has 1 aromatic heterocycles. The molecule has 120 valence electrons. The fourth-order valence-corrected chi connectivity index (χ4v) is 4.72. The van der Waals surface area contributed by atoms with Crippen LogP contribution in [0.4, 0.5) is 0 Å². The first-order valence-corrected chi connectivity index (χ1v) is 9.67. The molecule has 5 nitrogen and oxygen atoms in total. The lowest BCUT2D eigenvalue weighted by Crippen LogP contribution is -2.09. The molecule has 3 rings (SSSR count). The summed E-state index contributed by atoms with van der Waals surface area (Å²) >= 11 is 1.40. The molecule has 0 radical (unpaired) electrons. The first-order chi connectivity index (χ1) is 11.1. The third kappa shape index (κ3) is 3.68. The zero-order valence-corrected chi connectivity index (χ0v) is 14.2. The van der Waals surface area contributed by atoms with Crippen LogP contribution in [-0.4, -0.2) is 37.0 Å². The molecule has 2 aromatic carbocycles. The summed E-state index contributed by atoms with van der Waals surface area (Å²) in [6.45, 7) is 0. The van der Waals surface area contributed by atoms with Crippen LogP contribution in [0.3, 0.4) is 0 Å². The zero-order chi connectivity index (χ0) is 16.3. The largest absolute Gasteiger partial charge is 0.497 e. The van der Waals surface area contributed by atoms with Crippen molar-refractivity contribution in [1.82, 2.24) is 9.97 Å². The number of methoxy groups -OCH3 is 1. The maximum atomic E-state index is 12.4. The molecular weight excluding hydrogens is 332 g/mol. The van der Waals surface area contributed by atoms with Gasteiger partial charge in [-0.25, -0.2) is 13.4 Å². The Hall–Kier alpha value is -1.99. The molecule has 0 atom stereocenters. The van der Waals surface area contributed by atoms with Crippen LogP contribution in [-0.2, 0) is 9.84 Å². The van der Waals surface area contributed by atoms with Crippen LogP contribution < -0.4 is 4.74 Å². The molecule has 0 amide bonds. The predicted octanol–water partition coefficient (Wildman–Crippen LogP) is 3.14. The van der Waals surface area contributed by atoms with Crippen LogP contribution >= 0.6 is 11.8 Å². The average molecular weight is 348 g/mol. The van der Waals surface area contributed by atoms with Crippen molar-refractivity contribution in [2.24, 2.45) is 0 Å². The molecule has 1 N–H and O–H groups in total. The number of benzene rings is 2. The van der Waals surface area contributed by atoms with Gasteiger partial charge in [-0.1, -0.05) is 30.0 Å². The molecule has 3 aromatic rings. The first kappa shape index (κ1) is 15.9. The maximum absolute atomic E-state index is 12.4. The minimum absolute atomic E-state index is 0.0435. The summed E-state index contributed by atoms with van der Waals surface area (Å²) in [5, 5.41) is 0.729. The number of nitrogens with one attached hydrogen (secondary N) is 1. The Morgan fingerprint density at radius 2 is 2.00 bits per heavy atom. The van der Waals surface area contributed by atoms with E-state index in [1.807, 2.05) is 24.3 Å². The molecule has 1 heterocycles. The number of imidazole rings is 1. The SMILES string of the molecule is COc1cccc(S(=O)(=O)CCSc2nc3ccccc3[nH]2)c1. The normalized spacial score (nSPS) is 11.7. The van der Waals surface area contributed by atoms with Crippen molar-refractivity contribution in [2.75, 3.05) is 18.6 Å². The topological polar surface area (TPSA) is 72.1 Å². The lowest BCUT2D eigenvalue weighted by atomic mass is 10.3. The van der Waals surface area contributed by atoms with E-state index in [1.54, 1.807) is 24.3 Å². The van der Waals surface area contributed by atoms with Gasteiger partial charge in [-0.2, -0.15) is 0 Å². The van der Waals surface area contributed by atoms with E-state index in [1.165, 1.54) is 18.9 Å². The first-order valence-electron chi connectivity index (χ1n) is 7.03. The van der Waals surface area contributed by atoms with Gasteiger partial charge in [0.2, 0.25) is 0 Å². The van der Waals surface area contributed by atoms with Gasteiger partial charge in [-0.15, -0.1) is 0 Å². The van der Waals surface area contributed by atoms with Gasteiger partial charge >= 0.3 is 0 Å². The third-order valence-corrected chi connectivity index (χ3v) is 6.21. The molecule has 23 heavy (non-hydrogen) atoms. The minimum Gasteiger partial charge on any atom is -0.497 e. The molecule has 0 aliphatic heterocycles. The van der Waals surface area contributed by atoms with E-state index < -0.39 is 9.84 Å². The summed E-state index contributed by atoms with van der Waals surface area (Å²) in [5.74, 6) is 1.01. The van der Waals surface area contributed by atoms with Crippen LogP contribution in [0.1, 0.15) is 0 Å². The fraction of sp³-hybridized carbons (Fsp3) is 0.188. The second kappa shape index (κ2) is 6.64. The molecule has 0 spiro atoms. The Morgan fingerprint density at radius 3 is 2.78 bits per heavy atom. The van der Waals surface area contributed by atoms with Gasteiger partial charge < -0.3 is 9.72 Å². The van der Waals surface area contributed by atoms with Crippen molar-refractivity contribution in [1.29, 1.82) is 0 Å². The molecule has 0 unspecified atom stereocenters. The lowest BCUT2D eigenvalue weighted by Gasteiger charge is -2.05. The number of para-hydroxylation sites is 2. The highest BCUT2D eigenvalue weighted by atomic mass is 32.2. The summed E-state index contributed by atoms with van der Waals surface area (Å²) in [6, 6.07) is 14.3. The molecule has 7 heteroatoms. The van der Waals surface area contributed by atoms with E-state index >= 15 is 0 Å². The zero-order valence-electron chi connectivity index (χ0n) is 12.5. The van der Waals surface area contributed by atoms with Gasteiger partial charge in [0.15, 0.2) is 15.0 Å². The number of ether oxygens (including phenoxy) is 1. The van der Waals surface area contributed by atoms with Gasteiger partial charge in [0.25, 0.3) is 0 Å². The summed E-state index contributed by atoms with van der Waals surface area (Å²) in [6.07, 6.45) is 0. The van der Waals surface area contributed by atoms with Gasteiger partial charge in [0, 0.05) is 5.75 Å². The van der Waals surface area contributed by atoms with Crippen molar-refractivity contribution >= 4 is 32.6 Å². The summed E-state index contributed by atoms with van der Waals surface area (Å²) in [7, 11) is -1.82. The number of H-pyrrole nitrogens is 1. The molecule has 0 saturated heterocycles. The lowest BCUT2D eigenvalue weighted by molar-refractivity contribution is 0.413. The molecular formula is C16H16N2O3S2. The Kier molecular flexibility index (Phi) is 4.58. The average Bonchev–Trinajstić information content (AvgIpc) is 2.97. The molecule has 0 saturated carbocycles. The quantitative estimate of drug-likeness (QED) is 0.693. The maximum Gasteiger partial charge on any atom is 0.179 e. The van der Waals surface area contributed by atoms with E-state index in [2.05, 4.69) is 9.97 Å². The van der Waals surface area contributed by atoms with E-state index in [4.69, 9.17) is 4.74 Å². The van der Waals surface area contributed by atoms with Crippen molar-refractivity contribution < 1.29 is 13.2 Å². The van der Waals surface area contributed by atoms with E-state index in [0.29, 0.717) is 11.5 Å². The van der Waals surface area contributed by atoms with Gasteiger partial charge in [0.1, 0.15) is 5.75 Å². The minimum atomic E-state index is -3.34. The second-order valence-corrected chi connectivity index (χ2v) is 8.10. The van der Waals surface area contributed by atoms with Crippen molar-refractivity contribution in [2.45, 2.75) is 10.1 Å². The Bertz CT molecular complexity index is 887. The van der Waals surface area contributed by atoms with E-state index in [9.17, 15) is 8.42 Å². The highest BCUT2D eigenvalue weighted by molar-refractivity contribution is 8.00.